The van der Waals surface area contributed by atoms with Crippen molar-refractivity contribution in [1.29, 1.82) is 0 Å². The summed E-state index contributed by atoms with van der Waals surface area (Å²) in [4.78, 5) is 0.161. The fraction of sp³-hybridized carbons (Fsp3) is 0.308. The minimum Gasteiger partial charge on any atom is -0.275 e. The van der Waals surface area contributed by atoms with Gasteiger partial charge in [-0.2, -0.15) is 13.5 Å². The molecule has 0 amide bonds. The molecule has 2 rings (SSSR count). The van der Waals surface area contributed by atoms with E-state index in [0.29, 0.717) is 0 Å². The second-order valence-corrected chi connectivity index (χ2v) is 6.03. The van der Waals surface area contributed by atoms with Gasteiger partial charge in [0.1, 0.15) is 6.10 Å². The van der Waals surface area contributed by atoms with Crippen LogP contribution in [-0.4, -0.2) is 18.2 Å². The van der Waals surface area contributed by atoms with E-state index in [9.17, 15) is 8.42 Å². The largest absolute Gasteiger partial charge is 0.297 e. The maximum Gasteiger partial charge on any atom is 0.297 e. The fourth-order valence-electron chi connectivity index (χ4n) is 1.66. The molecular weight excluding hydrogens is 264 g/mol. The van der Waals surface area contributed by atoms with Crippen molar-refractivity contribution in [2.24, 2.45) is 7.05 Å². The van der Waals surface area contributed by atoms with Crippen molar-refractivity contribution >= 4 is 10.1 Å². The van der Waals surface area contributed by atoms with E-state index >= 15 is 0 Å². The van der Waals surface area contributed by atoms with Crippen molar-refractivity contribution in [3.05, 3.63) is 47.8 Å². The Morgan fingerprint density at radius 3 is 2.42 bits per heavy atom. The number of benzene rings is 1. The van der Waals surface area contributed by atoms with E-state index in [4.69, 9.17) is 4.18 Å². The molecule has 2 aromatic rings. The molecule has 1 atom stereocenters. The Morgan fingerprint density at radius 1 is 1.26 bits per heavy atom. The second kappa shape index (κ2) is 5.14. The van der Waals surface area contributed by atoms with Gasteiger partial charge in [0.05, 0.1) is 11.1 Å². The predicted octanol–water partition coefficient (Wildman–Crippen LogP) is 2.20. The zero-order valence-corrected chi connectivity index (χ0v) is 11.9. The summed E-state index contributed by atoms with van der Waals surface area (Å²) in [6.07, 6.45) is 2.75. The summed E-state index contributed by atoms with van der Waals surface area (Å²) in [5.74, 6) is 0. The molecule has 1 heterocycles. The van der Waals surface area contributed by atoms with Gasteiger partial charge in [-0.25, -0.2) is 0 Å². The molecule has 0 fully saturated rings. The van der Waals surface area contributed by atoms with E-state index in [2.05, 4.69) is 5.10 Å². The minimum absolute atomic E-state index is 0.161. The summed E-state index contributed by atoms with van der Waals surface area (Å²) in [7, 11) is -1.98. The van der Waals surface area contributed by atoms with E-state index < -0.39 is 16.2 Å². The Morgan fingerprint density at radius 2 is 1.89 bits per heavy atom. The zero-order chi connectivity index (χ0) is 14.0. The highest BCUT2D eigenvalue weighted by Gasteiger charge is 2.20. The quantitative estimate of drug-likeness (QED) is 0.805. The lowest BCUT2D eigenvalue weighted by Gasteiger charge is -2.11. The molecule has 0 N–H and O–H groups in total. The summed E-state index contributed by atoms with van der Waals surface area (Å²) in [5, 5.41) is 3.99. The molecule has 0 saturated carbocycles. The molecule has 1 aromatic carbocycles. The summed E-state index contributed by atoms with van der Waals surface area (Å²) >= 11 is 0. The average Bonchev–Trinajstić information content (AvgIpc) is 2.76. The maximum absolute atomic E-state index is 12.1. The van der Waals surface area contributed by atoms with Crippen molar-refractivity contribution in [2.45, 2.75) is 24.8 Å². The van der Waals surface area contributed by atoms with Crippen molar-refractivity contribution in [1.82, 2.24) is 9.78 Å². The van der Waals surface area contributed by atoms with Crippen molar-refractivity contribution in [3.63, 3.8) is 0 Å². The van der Waals surface area contributed by atoms with Gasteiger partial charge in [0.15, 0.2) is 0 Å². The van der Waals surface area contributed by atoms with Crippen LogP contribution in [0.2, 0.25) is 0 Å². The first-order chi connectivity index (χ1) is 8.88. The van der Waals surface area contributed by atoms with Crippen LogP contribution in [0.25, 0.3) is 0 Å². The van der Waals surface area contributed by atoms with E-state index in [1.165, 1.54) is 0 Å². The number of aryl methyl sites for hydroxylation is 2. The molecule has 0 bridgehead atoms. The van der Waals surface area contributed by atoms with Gasteiger partial charge in [0.25, 0.3) is 10.1 Å². The van der Waals surface area contributed by atoms with E-state index in [0.717, 1.165) is 11.1 Å². The summed E-state index contributed by atoms with van der Waals surface area (Å²) in [5.41, 5.74) is 1.72. The topological polar surface area (TPSA) is 61.2 Å². The van der Waals surface area contributed by atoms with Crippen LogP contribution in [0, 0.1) is 6.92 Å². The molecule has 0 saturated heterocycles. The highest BCUT2D eigenvalue weighted by atomic mass is 32.2. The molecule has 1 aromatic heterocycles. The first-order valence-corrected chi connectivity index (χ1v) is 7.28. The smallest absolute Gasteiger partial charge is 0.275 e. The zero-order valence-electron chi connectivity index (χ0n) is 11.1. The molecule has 0 aliphatic rings. The first-order valence-electron chi connectivity index (χ1n) is 5.87. The number of aromatic nitrogens is 2. The molecule has 102 valence electrons. The monoisotopic (exact) mass is 280 g/mol. The SMILES string of the molecule is Cc1ccc(S(=O)(=O)OC(C)c2cnn(C)c2)cc1. The van der Waals surface area contributed by atoms with Crippen LogP contribution in [0.4, 0.5) is 0 Å². The molecule has 0 spiro atoms. The highest BCUT2D eigenvalue weighted by molar-refractivity contribution is 7.86. The van der Waals surface area contributed by atoms with Gasteiger partial charge in [-0.3, -0.25) is 8.86 Å². The van der Waals surface area contributed by atoms with Gasteiger partial charge in [-0.1, -0.05) is 17.7 Å². The van der Waals surface area contributed by atoms with Crippen molar-refractivity contribution < 1.29 is 12.6 Å². The Bertz CT molecular complexity index is 659. The van der Waals surface area contributed by atoms with Crippen LogP contribution >= 0.6 is 0 Å². The third-order valence-electron chi connectivity index (χ3n) is 2.77. The van der Waals surface area contributed by atoms with Crippen LogP contribution in [0.1, 0.15) is 24.2 Å². The highest BCUT2D eigenvalue weighted by Crippen LogP contribution is 2.23. The molecule has 0 radical (unpaired) electrons. The first kappa shape index (κ1) is 13.8. The molecule has 1 unspecified atom stereocenters. The summed E-state index contributed by atoms with van der Waals surface area (Å²) < 4.78 is 31.0. The van der Waals surface area contributed by atoms with Gasteiger partial charge in [-0.05, 0) is 26.0 Å². The molecule has 0 aliphatic carbocycles. The maximum atomic E-state index is 12.1. The minimum atomic E-state index is -3.75. The third-order valence-corrected chi connectivity index (χ3v) is 4.17. The molecular formula is C13H16N2O3S. The Balaban J connectivity index is 2.19. The van der Waals surface area contributed by atoms with E-state index in [1.54, 1.807) is 55.3 Å². The number of hydrogen-bond acceptors (Lipinski definition) is 4. The Kier molecular flexibility index (Phi) is 3.73. The van der Waals surface area contributed by atoms with Crippen LogP contribution in [0.15, 0.2) is 41.6 Å². The van der Waals surface area contributed by atoms with Gasteiger partial charge >= 0.3 is 0 Å². The van der Waals surface area contributed by atoms with E-state index in [1.807, 2.05) is 6.92 Å². The van der Waals surface area contributed by atoms with Crippen LogP contribution in [-0.2, 0) is 21.3 Å². The summed E-state index contributed by atoms with van der Waals surface area (Å²) in [6, 6.07) is 6.57. The third kappa shape index (κ3) is 3.21. The fourth-order valence-corrected chi connectivity index (χ4v) is 2.73. The van der Waals surface area contributed by atoms with Crippen LogP contribution < -0.4 is 0 Å². The standard InChI is InChI=1S/C13H16N2O3S/c1-10-4-6-13(7-5-10)19(16,17)18-11(2)12-8-14-15(3)9-12/h4-9,11H,1-3H3. The average molecular weight is 280 g/mol. The van der Waals surface area contributed by atoms with Crippen molar-refractivity contribution in [2.75, 3.05) is 0 Å². The number of nitrogens with zero attached hydrogens (tertiary/aromatic N) is 2. The summed E-state index contributed by atoms with van der Waals surface area (Å²) in [6.45, 7) is 3.58. The molecule has 6 heteroatoms. The van der Waals surface area contributed by atoms with Gasteiger partial charge < -0.3 is 0 Å². The lowest BCUT2D eigenvalue weighted by Crippen LogP contribution is -2.09. The van der Waals surface area contributed by atoms with Crippen molar-refractivity contribution in [3.8, 4) is 0 Å². The van der Waals surface area contributed by atoms with E-state index in [-0.39, 0.29) is 4.90 Å². The number of hydrogen-bond donors (Lipinski definition) is 0. The number of rotatable bonds is 4. The van der Waals surface area contributed by atoms with Gasteiger partial charge in [-0.15, -0.1) is 0 Å². The molecule has 5 nitrogen and oxygen atoms in total. The Hall–Kier alpha value is -1.66. The lowest BCUT2D eigenvalue weighted by molar-refractivity contribution is 0.234. The predicted molar refractivity (Wildman–Crippen MR) is 71.1 cm³/mol. The lowest BCUT2D eigenvalue weighted by atomic mass is 10.2. The van der Waals surface area contributed by atoms with Gasteiger partial charge in [0, 0.05) is 18.8 Å². The van der Waals surface area contributed by atoms with Crippen LogP contribution in [0.5, 0.6) is 0 Å². The van der Waals surface area contributed by atoms with Crippen LogP contribution in [0.3, 0.4) is 0 Å². The second-order valence-electron chi connectivity index (χ2n) is 4.45. The van der Waals surface area contributed by atoms with Gasteiger partial charge in [0.2, 0.25) is 0 Å². The molecule has 19 heavy (non-hydrogen) atoms. The normalized spacial score (nSPS) is 13.4. The Labute approximate surface area is 113 Å². The molecule has 0 aliphatic heterocycles.